The van der Waals surface area contributed by atoms with E-state index in [1.807, 2.05) is 36.1 Å². The van der Waals surface area contributed by atoms with Crippen LogP contribution in [0.1, 0.15) is 54.4 Å². The molecule has 0 aliphatic carbocycles. The Labute approximate surface area is 156 Å². The number of likely N-dealkylation sites (tertiary alicyclic amines) is 1. The van der Waals surface area contributed by atoms with Crippen molar-refractivity contribution >= 4 is 5.91 Å². The van der Waals surface area contributed by atoms with Gasteiger partial charge in [-0.3, -0.25) is 9.89 Å². The highest BCUT2D eigenvalue weighted by Crippen LogP contribution is 2.21. The van der Waals surface area contributed by atoms with Gasteiger partial charge in [0.15, 0.2) is 0 Å². The molecule has 5 heteroatoms. The van der Waals surface area contributed by atoms with E-state index in [4.69, 9.17) is 0 Å². The number of hydrogen-bond acceptors (Lipinski definition) is 3. The Bertz CT molecular complexity index is 689. The molecule has 2 aromatic rings. The van der Waals surface area contributed by atoms with Gasteiger partial charge < -0.3 is 9.80 Å². The van der Waals surface area contributed by atoms with Crippen molar-refractivity contribution in [3.63, 3.8) is 0 Å². The second-order valence-electron chi connectivity index (χ2n) is 7.28. The molecule has 26 heavy (non-hydrogen) atoms. The van der Waals surface area contributed by atoms with Crippen LogP contribution in [0.5, 0.6) is 0 Å². The SMILES string of the molecule is CCCCN1CCC(N(Cc2ccccc2)C(=O)c2cc(C)[nH]n2)CC1. The lowest BCUT2D eigenvalue weighted by Gasteiger charge is -2.38. The first-order chi connectivity index (χ1) is 12.7. The summed E-state index contributed by atoms with van der Waals surface area (Å²) in [5, 5.41) is 7.10. The van der Waals surface area contributed by atoms with Gasteiger partial charge in [0.1, 0.15) is 5.69 Å². The summed E-state index contributed by atoms with van der Waals surface area (Å²) in [6, 6.07) is 12.4. The molecular formula is C21H30N4O. The molecule has 0 spiro atoms. The van der Waals surface area contributed by atoms with E-state index in [9.17, 15) is 4.79 Å². The van der Waals surface area contributed by atoms with E-state index in [0.717, 1.165) is 31.6 Å². The van der Waals surface area contributed by atoms with Gasteiger partial charge in [-0.1, -0.05) is 43.7 Å². The quantitative estimate of drug-likeness (QED) is 0.826. The maximum Gasteiger partial charge on any atom is 0.274 e. The predicted octanol–water partition coefficient (Wildman–Crippen LogP) is 3.63. The zero-order chi connectivity index (χ0) is 18.4. The summed E-state index contributed by atoms with van der Waals surface area (Å²) in [5.74, 6) is 0.0326. The van der Waals surface area contributed by atoms with Crippen molar-refractivity contribution in [2.45, 2.75) is 52.1 Å². The van der Waals surface area contributed by atoms with Crippen molar-refractivity contribution in [2.75, 3.05) is 19.6 Å². The topological polar surface area (TPSA) is 52.2 Å². The van der Waals surface area contributed by atoms with Crippen LogP contribution in [-0.2, 0) is 6.54 Å². The predicted molar refractivity (Wildman–Crippen MR) is 104 cm³/mol. The summed E-state index contributed by atoms with van der Waals surface area (Å²) in [6.45, 7) is 8.13. The first-order valence-electron chi connectivity index (χ1n) is 9.76. The number of carbonyl (C=O) groups excluding carboxylic acids is 1. The third kappa shape index (κ3) is 4.73. The number of aryl methyl sites for hydroxylation is 1. The maximum absolute atomic E-state index is 13.1. The van der Waals surface area contributed by atoms with Crippen LogP contribution in [0.4, 0.5) is 0 Å². The lowest BCUT2D eigenvalue weighted by Crippen LogP contribution is -2.47. The molecule has 3 rings (SSSR count). The molecule has 0 radical (unpaired) electrons. The Morgan fingerprint density at radius 1 is 1.27 bits per heavy atom. The van der Waals surface area contributed by atoms with Crippen LogP contribution >= 0.6 is 0 Å². The summed E-state index contributed by atoms with van der Waals surface area (Å²) in [5.41, 5.74) is 2.61. The number of nitrogens with one attached hydrogen (secondary N) is 1. The summed E-state index contributed by atoms with van der Waals surface area (Å²) in [6.07, 6.45) is 4.55. The lowest BCUT2D eigenvalue weighted by atomic mass is 10.0. The molecule has 5 nitrogen and oxygen atoms in total. The molecule has 140 valence electrons. The van der Waals surface area contributed by atoms with Gasteiger partial charge in [-0.2, -0.15) is 5.10 Å². The van der Waals surface area contributed by atoms with Gasteiger partial charge in [0.25, 0.3) is 5.91 Å². The molecule has 1 amide bonds. The van der Waals surface area contributed by atoms with Gasteiger partial charge in [-0.25, -0.2) is 0 Å². The molecule has 0 saturated carbocycles. The van der Waals surface area contributed by atoms with Gasteiger partial charge in [-0.05, 0) is 44.4 Å². The van der Waals surface area contributed by atoms with E-state index in [0.29, 0.717) is 12.2 Å². The Hall–Kier alpha value is -2.14. The number of aromatic amines is 1. The third-order valence-electron chi connectivity index (χ3n) is 5.21. The number of carbonyl (C=O) groups is 1. The molecule has 1 saturated heterocycles. The van der Waals surface area contributed by atoms with Crippen molar-refractivity contribution in [3.05, 3.63) is 53.3 Å². The maximum atomic E-state index is 13.1. The number of benzene rings is 1. The third-order valence-corrected chi connectivity index (χ3v) is 5.21. The van der Waals surface area contributed by atoms with Crippen molar-refractivity contribution < 1.29 is 4.79 Å². The number of aromatic nitrogens is 2. The largest absolute Gasteiger partial charge is 0.330 e. The number of amides is 1. The van der Waals surface area contributed by atoms with Crippen LogP contribution in [0.3, 0.4) is 0 Å². The van der Waals surface area contributed by atoms with Crippen molar-refractivity contribution in [1.29, 1.82) is 0 Å². The van der Waals surface area contributed by atoms with Gasteiger partial charge >= 0.3 is 0 Å². The second-order valence-corrected chi connectivity index (χ2v) is 7.28. The normalized spacial score (nSPS) is 15.9. The highest BCUT2D eigenvalue weighted by Gasteiger charge is 2.29. The Morgan fingerprint density at radius 3 is 2.62 bits per heavy atom. The minimum Gasteiger partial charge on any atom is -0.330 e. The highest BCUT2D eigenvalue weighted by atomic mass is 16.2. The molecule has 0 atom stereocenters. The van der Waals surface area contributed by atoms with Gasteiger partial charge in [0, 0.05) is 31.4 Å². The number of nitrogens with zero attached hydrogens (tertiary/aromatic N) is 3. The van der Waals surface area contributed by atoms with Crippen LogP contribution in [0.15, 0.2) is 36.4 Å². The average Bonchev–Trinajstić information content (AvgIpc) is 3.12. The summed E-state index contributed by atoms with van der Waals surface area (Å²) in [7, 11) is 0. The van der Waals surface area contributed by atoms with Crippen LogP contribution in [-0.4, -0.2) is 51.6 Å². The van der Waals surface area contributed by atoms with Gasteiger partial charge in [0.05, 0.1) is 0 Å². The van der Waals surface area contributed by atoms with E-state index in [1.54, 1.807) is 0 Å². The molecular weight excluding hydrogens is 324 g/mol. The standard InChI is InChI=1S/C21H30N4O/c1-3-4-12-24-13-10-19(11-14-24)25(16-18-8-6-5-7-9-18)21(26)20-15-17(2)22-23-20/h5-9,15,19H,3-4,10-14,16H2,1-2H3,(H,22,23). The van der Waals surface area contributed by atoms with E-state index in [1.165, 1.54) is 24.9 Å². The molecule has 1 aromatic carbocycles. The van der Waals surface area contributed by atoms with E-state index < -0.39 is 0 Å². The van der Waals surface area contributed by atoms with Crippen molar-refractivity contribution in [1.82, 2.24) is 20.0 Å². The zero-order valence-electron chi connectivity index (χ0n) is 15.9. The smallest absolute Gasteiger partial charge is 0.274 e. The van der Waals surface area contributed by atoms with Crippen molar-refractivity contribution in [3.8, 4) is 0 Å². The summed E-state index contributed by atoms with van der Waals surface area (Å²) >= 11 is 0. The first-order valence-corrected chi connectivity index (χ1v) is 9.76. The fourth-order valence-electron chi connectivity index (χ4n) is 3.66. The van der Waals surface area contributed by atoms with Crippen LogP contribution < -0.4 is 0 Å². The number of H-pyrrole nitrogens is 1. The minimum absolute atomic E-state index is 0.0326. The highest BCUT2D eigenvalue weighted by molar-refractivity contribution is 5.92. The lowest BCUT2D eigenvalue weighted by molar-refractivity contribution is 0.0543. The molecule has 0 unspecified atom stereocenters. The Balaban J connectivity index is 1.72. The number of rotatable bonds is 7. The fraction of sp³-hybridized carbons (Fsp3) is 0.524. The monoisotopic (exact) mass is 354 g/mol. The zero-order valence-corrected chi connectivity index (χ0v) is 15.9. The molecule has 0 bridgehead atoms. The number of hydrogen-bond donors (Lipinski definition) is 1. The molecule has 1 aromatic heterocycles. The molecule has 1 N–H and O–H groups in total. The summed E-state index contributed by atoms with van der Waals surface area (Å²) < 4.78 is 0. The van der Waals surface area contributed by atoms with Crippen LogP contribution in [0, 0.1) is 6.92 Å². The molecule has 1 aliphatic heterocycles. The summed E-state index contributed by atoms with van der Waals surface area (Å²) in [4.78, 5) is 17.7. The number of unbranched alkanes of at least 4 members (excludes halogenated alkanes) is 1. The van der Waals surface area contributed by atoms with Crippen LogP contribution in [0.25, 0.3) is 0 Å². The fourth-order valence-corrected chi connectivity index (χ4v) is 3.66. The Kier molecular flexibility index (Phi) is 6.45. The van der Waals surface area contributed by atoms with Gasteiger partial charge in [0.2, 0.25) is 0 Å². The van der Waals surface area contributed by atoms with E-state index >= 15 is 0 Å². The Morgan fingerprint density at radius 2 is 2.00 bits per heavy atom. The molecule has 1 aliphatic rings. The number of piperidine rings is 1. The van der Waals surface area contributed by atoms with Crippen molar-refractivity contribution in [2.24, 2.45) is 0 Å². The minimum atomic E-state index is 0.0326. The van der Waals surface area contributed by atoms with Gasteiger partial charge in [-0.15, -0.1) is 0 Å². The van der Waals surface area contributed by atoms with E-state index in [-0.39, 0.29) is 11.9 Å². The van der Waals surface area contributed by atoms with Crippen LogP contribution in [0.2, 0.25) is 0 Å². The molecule has 2 heterocycles. The second kappa shape index (κ2) is 8.99. The van der Waals surface area contributed by atoms with E-state index in [2.05, 4.69) is 34.2 Å². The average molecular weight is 354 g/mol. The molecule has 1 fully saturated rings. The first kappa shape index (κ1) is 18.6.